The van der Waals surface area contributed by atoms with Crippen molar-refractivity contribution in [3.63, 3.8) is 0 Å². The molecule has 6 nitrogen and oxygen atoms in total. The number of hydrogen-bond acceptors (Lipinski definition) is 6. The van der Waals surface area contributed by atoms with Gasteiger partial charge in [-0.05, 0) is 60.5 Å². The predicted molar refractivity (Wildman–Crippen MR) is 138 cm³/mol. The molecule has 2 aliphatic rings. The topological polar surface area (TPSA) is 65.1 Å². The minimum absolute atomic E-state index is 0.0239. The molecule has 5 atom stereocenters. The SMILES string of the molecule is COc1ccc2cc(C(C)COC(=O)[C@H]3[C@@H](OC(=O)c4ccccc4)C[C@@H]4CC[C@H]3N4C)ccc2c1. The van der Waals surface area contributed by atoms with E-state index in [0.29, 0.717) is 18.0 Å². The quantitative estimate of drug-likeness (QED) is 0.427. The molecule has 6 heteroatoms. The lowest BCUT2D eigenvalue weighted by atomic mass is 9.87. The normalized spacial score (nSPS) is 24.3. The fourth-order valence-electron chi connectivity index (χ4n) is 5.71. The van der Waals surface area contributed by atoms with E-state index in [1.165, 1.54) is 0 Å². The first-order valence-electron chi connectivity index (χ1n) is 12.7. The Morgan fingerprint density at radius 1 is 1.00 bits per heavy atom. The minimum atomic E-state index is -0.488. The smallest absolute Gasteiger partial charge is 0.338 e. The first kappa shape index (κ1) is 24.3. The van der Waals surface area contributed by atoms with Crippen LogP contribution >= 0.6 is 0 Å². The number of fused-ring (bicyclic) bond motifs is 3. The Kier molecular flexibility index (Phi) is 6.97. The van der Waals surface area contributed by atoms with Gasteiger partial charge >= 0.3 is 11.9 Å². The van der Waals surface area contributed by atoms with Gasteiger partial charge in [-0.15, -0.1) is 0 Å². The third-order valence-corrected chi connectivity index (χ3v) is 7.87. The van der Waals surface area contributed by atoms with E-state index in [0.717, 1.165) is 34.9 Å². The highest BCUT2D eigenvalue weighted by Crippen LogP contribution is 2.40. The molecule has 0 radical (unpaired) electrons. The molecule has 0 amide bonds. The van der Waals surface area contributed by atoms with Crippen molar-refractivity contribution < 1.29 is 23.8 Å². The molecule has 2 bridgehead atoms. The Labute approximate surface area is 212 Å². The van der Waals surface area contributed by atoms with E-state index >= 15 is 0 Å². The number of methoxy groups -OCH3 is 1. The van der Waals surface area contributed by atoms with Gasteiger partial charge in [0.1, 0.15) is 17.8 Å². The van der Waals surface area contributed by atoms with Gasteiger partial charge in [-0.2, -0.15) is 0 Å². The zero-order chi connectivity index (χ0) is 25.2. The molecule has 188 valence electrons. The van der Waals surface area contributed by atoms with Crippen molar-refractivity contribution in [2.24, 2.45) is 5.92 Å². The average molecular weight is 488 g/mol. The van der Waals surface area contributed by atoms with Crippen LogP contribution in [0.5, 0.6) is 5.75 Å². The maximum absolute atomic E-state index is 13.4. The summed E-state index contributed by atoms with van der Waals surface area (Å²) in [6, 6.07) is 21.6. The van der Waals surface area contributed by atoms with Gasteiger partial charge in [-0.3, -0.25) is 9.69 Å². The second-order valence-corrected chi connectivity index (χ2v) is 10.0. The summed E-state index contributed by atoms with van der Waals surface area (Å²) < 4.78 is 17.1. The van der Waals surface area contributed by atoms with Gasteiger partial charge in [0.25, 0.3) is 0 Å². The van der Waals surface area contributed by atoms with Gasteiger partial charge in [0.05, 0.1) is 19.3 Å². The predicted octanol–water partition coefficient (Wildman–Crippen LogP) is 5.20. The van der Waals surface area contributed by atoms with E-state index in [1.54, 1.807) is 19.2 Å². The van der Waals surface area contributed by atoms with Crippen LogP contribution in [-0.4, -0.2) is 55.8 Å². The van der Waals surface area contributed by atoms with E-state index < -0.39 is 12.0 Å². The summed E-state index contributed by atoms with van der Waals surface area (Å²) in [6.07, 6.45) is 2.08. The summed E-state index contributed by atoms with van der Waals surface area (Å²) >= 11 is 0. The molecular formula is C30H33NO5. The summed E-state index contributed by atoms with van der Waals surface area (Å²) in [5, 5.41) is 2.22. The fraction of sp³-hybridized carbons (Fsp3) is 0.400. The van der Waals surface area contributed by atoms with Crippen LogP contribution in [0.15, 0.2) is 66.7 Å². The van der Waals surface area contributed by atoms with E-state index in [4.69, 9.17) is 14.2 Å². The summed E-state index contributed by atoms with van der Waals surface area (Å²) in [7, 11) is 3.72. The van der Waals surface area contributed by atoms with Gasteiger partial charge in [0.2, 0.25) is 0 Å². The first-order valence-corrected chi connectivity index (χ1v) is 12.7. The molecule has 5 rings (SSSR count). The van der Waals surface area contributed by atoms with Crippen molar-refractivity contribution in [1.82, 2.24) is 4.90 Å². The van der Waals surface area contributed by atoms with Crippen molar-refractivity contribution in [3.05, 3.63) is 77.9 Å². The molecule has 0 spiro atoms. The standard InChI is InChI=1S/C30H33NO5/c1-19(21-9-10-23-16-25(34-3)13-11-22(23)15-21)18-35-30(33)28-26-14-12-24(31(26)2)17-27(28)36-29(32)20-7-5-4-6-8-20/h4-11,13,15-16,19,24,26-28H,12,14,17-18H2,1-3H3/t19?,24-,26+,27-,28+/m0/s1. The zero-order valence-electron chi connectivity index (χ0n) is 21.1. The molecule has 2 fully saturated rings. The van der Waals surface area contributed by atoms with Crippen LogP contribution < -0.4 is 4.74 Å². The molecule has 1 unspecified atom stereocenters. The molecule has 3 aromatic carbocycles. The Balaban J connectivity index is 1.28. The minimum Gasteiger partial charge on any atom is -0.497 e. The second-order valence-electron chi connectivity index (χ2n) is 10.0. The van der Waals surface area contributed by atoms with Gasteiger partial charge in [0, 0.05) is 24.4 Å². The summed E-state index contributed by atoms with van der Waals surface area (Å²) in [4.78, 5) is 28.5. The lowest BCUT2D eigenvalue weighted by molar-refractivity contribution is -0.159. The number of carbonyl (C=O) groups excluding carboxylic acids is 2. The van der Waals surface area contributed by atoms with Crippen molar-refractivity contribution in [2.45, 2.75) is 50.3 Å². The molecule has 2 heterocycles. The number of esters is 2. The molecule has 2 aliphatic heterocycles. The summed E-state index contributed by atoms with van der Waals surface area (Å²) in [5.41, 5.74) is 1.60. The van der Waals surface area contributed by atoms with Crippen LogP contribution in [0.4, 0.5) is 0 Å². The van der Waals surface area contributed by atoms with Crippen LogP contribution in [-0.2, 0) is 14.3 Å². The van der Waals surface area contributed by atoms with E-state index in [9.17, 15) is 9.59 Å². The number of nitrogens with zero attached hydrogens (tertiary/aromatic N) is 1. The molecule has 2 saturated heterocycles. The van der Waals surface area contributed by atoms with Crippen molar-refractivity contribution in [1.29, 1.82) is 0 Å². The third kappa shape index (κ3) is 4.82. The maximum atomic E-state index is 13.4. The highest BCUT2D eigenvalue weighted by molar-refractivity contribution is 5.89. The Hall–Kier alpha value is -3.38. The van der Waals surface area contributed by atoms with Gasteiger partial charge in [-0.1, -0.05) is 49.4 Å². The molecular weight excluding hydrogens is 454 g/mol. The lowest BCUT2D eigenvalue weighted by Crippen LogP contribution is -2.53. The van der Waals surface area contributed by atoms with E-state index in [2.05, 4.69) is 37.1 Å². The Morgan fingerprint density at radius 3 is 2.53 bits per heavy atom. The molecule has 0 aliphatic carbocycles. The van der Waals surface area contributed by atoms with Gasteiger partial charge < -0.3 is 14.2 Å². The van der Waals surface area contributed by atoms with Crippen LogP contribution in [0.2, 0.25) is 0 Å². The first-order chi connectivity index (χ1) is 17.4. The molecule has 0 saturated carbocycles. The number of carbonyl (C=O) groups is 2. The van der Waals surface area contributed by atoms with E-state index in [-0.39, 0.29) is 30.5 Å². The van der Waals surface area contributed by atoms with Gasteiger partial charge in [0.15, 0.2) is 0 Å². The number of ether oxygens (including phenoxy) is 3. The van der Waals surface area contributed by atoms with Crippen molar-refractivity contribution in [3.8, 4) is 5.75 Å². The van der Waals surface area contributed by atoms with Crippen LogP contribution in [0.25, 0.3) is 10.8 Å². The van der Waals surface area contributed by atoms with Gasteiger partial charge in [-0.25, -0.2) is 4.79 Å². The van der Waals surface area contributed by atoms with E-state index in [1.807, 2.05) is 36.4 Å². The van der Waals surface area contributed by atoms with Crippen LogP contribution in [0.3, 0.4) is 0 Å². The summed E-state index contributed by atoms with van der Waals surface area (Å²) in [6.45, 7) is 2.33. The van der Waals surface area contributed by atoms with Crippen LogP contribution in [0, 0.1) is 5.92 Å². The third-order valence-electron chi connectivity index (χ3n) is 7.87. The molecule has 36 heavy (non-hydrogen) atoms. The average Bonchev–Trinajstić information content (AvgIpc) is 3.14. The monoisotopic (exact) mass is 487 g/mol. The summed E-state index contributed by atoms with van der Waals surface area (Å²) in [5.74, 6) is -0.300. The zero-order valence-corrected chi connectivity index (χ0v) is 21.1. The number of benzene rings is 3. The fourth-order valence-corrected chi connectivity index (χ4v) is 5.71. The Bertz CT molecular complexity index is 1240. The number of rotatable bonds is 7. The van der Waals surface area contributed by atoms with Crippen molar-refractivity contribution >= 4 is 22.7 Å². The Morgan fingerprint density at radius 2 is 1.75 bits per heavy atom. The highest BCUT2D eigenvalue weighted by Gasteiger charge is 2.51. The van der Waals surface area contributed by atoms with Crippen LogP contribution in [0.1, 0.15) is 48.0 Å². The highest BCUT2D eigenvalue weighted by atomic mass is 16.6. The number of piperidine rings is 1. The molecule has 3 aromatic rings. The number of hydrogen-bond donors (Lipinski definition) is 0. The molecule has 0 aromatic heterocycles. The second kappa shape index (κ2) is 10.3. The lowest BCUT2D eigenvalue weighted by Gasteiger charge is -2.41. The van der Waals surface area contributed by atoms with Crippen molar-refractivity contribution in [2.75, 3.05) is 20.8 Å². The molecule has 0 N–H and O–H groups in total. The largest absolute Gasteiger partial charge is 0.497 e. The maximum Gasteiger partial charge on any atom is 0.338 e.